The average molecular weight is 256 g/mol. The molecular formula is C15H16N2O2. The Balaban J connectivity index is 2.23. The number of carbonyl (C=O) groups excluding carboxylic acids is 1. The molecular weight excluding hydrogens is 240 g/mol. The molecule has 0 radical (unpaired) electrons. The number of phenolic OH excluding ortho intramolecular Hbond substituents is 1. The van der Waals surface area contributed by atoms with E-state index in [4.69, 9.17) is 5.73 Å². The zero-order valence-corrected chi connectivity index (χ0v) is 10.9. The van der Waals surface area contributed by atoms with Crippen LogP contribution < -0.4 is 11.1 Å². The van der Waals surface area contributed by atoms with Crippen molar-refractivity contribution in [3.63, 3.8) is 0 Å². The summed E-state index contributed by atoms with van der Waals surface area (Å²) in [4.78, 5) is 12.0. The molecule has 0 aliphatic carbocycles. The van der Waals surface area contributed by atoms with Gasteiger partial charge in [-0.25, -0.2) is 0 Å². The van der Waals surface area contributed by atoms with Crippen molar-refractivity contribution in [3.8, 4) is 5.75 Å². The van der Waals surface area contributed by atoms with E-state index in [2.05, 4.69) is 5.32 Å². The standard InChI is InChI=1S/C15H16N2O2/c1-9-3-5-12(14(18)7-9)15(19)17-11-4-6-13(16)10(2)8-11/h3-8,18H,16H2,1-2H3,(H,17,19). The second kappa shape index (κ2) is 5.02. The number of nitrogen functional groups attached to an aromatic ring is 1. The maximum absolute atomic E-state index is 12.0. The van der Waals surface area contributed by atoms with Crippen molar-refractivity contribution < 1.29 is 9.90 Å². The molecule has 0 saturated heterocycles. The number of nitrogens with one attached hydrogen (secondary N) is 1. The number of hydrogen-bond acceptors (Lipinski definition) is 3. The van der Waals surface area contributed by atoms with Crippen LogP contribution in [0.25, 0.3) is 0 Å². The summed E-state index contributed by atoms with van der Waals surface area (Å²) in [6, 6.07) is 10.2. The predicted molar refractivity (Wildman–Crippen MR) is 76.4 cm³/mol. The van der Waals surface area contributed by atoms with Crippen LogP contribution in [0.1, 0.15) is 21.5 Å². The molecule has 2 aromatic carbocycles. The summed E-state index contributed by atoms with van der Waals surface area (Å²) in [5, 5.41) is 12.5. The van der Waals surface area contributed by atoms with Gasteiger partial charge in [-0.15, -0.1) is 0 Å². The van der Waals surface area contributed by atoms with Crippen molar-refractivity contribution in [3.05, 3.63) is 53.1 Å². The van der Waals surface area contributed by atoms with E-state index in [1.807, 2.05) is 13.8 Å². The highest BCUT2D eigenvalue weighted by Gasteiger charge is 2.11. The molecule has 0 aromatic heterocycles. The smallest absolute Gasteiger partial charge is 0.259 e. The zero-order valence-electron chi connectivity index (χ0n) is 10.9. The van der Waals surface area contributed by atoms with Crippen LogP contribution in [0, 0.1) is 13.8 Å². The van der Waals surface area contributed by atoms with Gasteiger partial charge in [0, 0.05) is 11.4 Å². The fourth-order valence-electron chi connectivity index (χ4n) is 1.79. The number of nitrogens with two attached hydrogens (primary N) is 1. The monoisotopic (exact) mass is 256 g/mol. The first-order chi connectivity index (χ1) is 8.97. The minimum atomic E-state index is -0.346. The Labute approximate surface area is 111 Å². The minimum absolute atomic E-state index is 0.0235. The second-order valence-corrected chi connectivity index (χ2v) is 4.55. The fraction of sp³-hybridized carbons (Fsp3) is 0.133. The van der Waals surface area contributed by atoms with Crippen LogP contribution in [0.3, 0.4) is 0 Å². The molecule has 0 aliphatic heterocycles. The van der Waals surface area contributed by atoms with Gasteiger partial charge in [0.25, 0.3) is 5.91 Å². The molecule has 0 unspecified atom stereocenters. The maximum Gasteiger partial charge on any atom is 0.259 e. The van der Waals surface area contributed by atoms with Crippen molar-refractivity contribution in [1.82, 2.24) is 0 Å². The summed E-state index contributed by atoms with van der Waals surface area (Å²) in [5.41, 5.74) is 9.09. The third-order valence-electron chi connectivity index (χ3n) is 2.93. The van der Waals surface area contributed by atoms with Crippen LogP contribution in [0.15, 0.2) is 36.4 Å². The van der Waals surface area contributed by atoms with Gasteiger partial charge in [0.05, 0.1) is 5.56 Å². The van der Waals surface area contributed by atoms with Gasteiger partial charge in [0.1, 0.15) is 5.75 Å². The number of carbonyl (C=O) groups is 1. The van der Waals surface area contributed by atoms with Crippen LogP contribution in [0.5, 0.6) is 5.75 Å². The molecule has 4 nitrogen and oxygen atoms in total. The summed E-state index contributed by atoms with van der Waals surface area (Å²) < 4.78 is 0. The van der Waals surface area contributed by atoms with Crippen molar-refractivity contribution in [2.75, 3.05) is 11.1 Å². The quantitative estimate of drug-likeness (QED) is 0.723. The third-order valence-corrected chi connectivity index (χ3v) is 2.93. The fourth-order valence-corrected chi connectivity index (χ4v) is 1.79. The Hall–Kier alpha value is -2.49. The van der Waals surface area contributed by atoms with Crippen molar-refractivity contribution in [1.29, 1.82) is 0 Å². The largest absolute Gasteiger partial charge is 0.507 e. The van der Waals surface area contributed by atoms with E-state index in [1.54, 1.807) is 36.4 Å². The highest BCUT2D eigenvalue weighted by atomic mass is 16.3. The number of aryl methyl sites for hydroxylation is 2. The molecule has 0 heterocycles. The molecule has 2 aromatic rings. The van der Waals surface area contributed by atoms with E-state index in [0.717, 1.165) is 11.1 Å². The van der Waals surface area contributed by atoms with Gasteiger partial charge < -0.3 is 16.2 Å². The van der Waals surface area contributed by atoms with E-state index < -0.39 is 0 Å². The van der Waals surface area contributed by atoms with Crippen LogP contribution in [0.2, 0.25) is 0 Å². The van der Waals surface area contributed by atoms with E-state index in [0.29, 0.717) is 11.4 Å². The Kier molecular flexibility index (Phi) is 3.42. The van der Waals surface area contributed by atoms with Crippen LogP contribution >= 0.6 is 0 Å². The summed E-state index contributed by atoms with van der Waals surface area (Å²) in [6.45, 7) is 3.72. The van der Waals surface area contributed by atoms with Gasteiger partial charge in [0.2, 0.25) is 0 Å². The number of rotatable bonds is 2. The zero-order chi connectivity index (χ0) is 14.0. The Morgan fingerprint density at radius 1 is 1.16 bits per heavy atom. The van der Waals surface area contributed by atoms with Crippen LogP contribution in [0.4, 0.5) is 11.4 Å². The molecule has 0 saturated carbocycles. The Morgan fingerprint density at radius 3 is 2.53 bits per heavy atom. The lowest BCUT2D eigenvalue weighted by molar-refractivity contribution is 0.102. The first kappa shape index (κ1) is 13.0. The van der Waals surface area contributed by atoms with E-state index in [9.17, 15) is 9.90 Å². The Bertz CT molecular complexity index is 636. The lowest BCUT2D eigenvalue weighted by atomic mass is 10.1. The molecule has 0 bridgehead atoms. The topological polar surface area (TPSA) is 75.4 Å². The first-order valence-corrected chi connectivity index (χ1v) is 5.94. The highest BCUT2D eigenvalue weighted by molar-refractivity contribution is 6.06. The van der Waals surface area contributed by atoms with Crippen molar-refractivity contribution in [2.45, 2.75) is 13.8 Å². The van der Waals surface area contributed by atoms with Gasteiger partial charge in [-0.1, -0.05) is 6.07 Å². The van der Waals surface area contributed by atoms with E-state index in [-0.39, 0.29) is 17.2 Å². The first-order valence-electron chi connectivity index (χ1n) is 5.94. The number of aromatic hydroxyl groups is 1. The van der Waals surface area contributed by atoms with Crippen molar-refractivity contribution in [2.24, 2.45) is 0 Å². The lowest BCUT2D eigenvalue weighted by Crippen LogP contribution is -2.12. The normalized spacial score (nSPS) is 10.2. The van der Waals surface area contributed by atoms with Crippen LogP contribution in [-0.2, 0) is 0 Å². The maximum atomic E-state index is 12.0. The van der Waals surface area contributed by atoms with E-state index >= 15 is 0 Å². The molecule has 98 valence electrons. The SMILES string of the molecule is Cc1ccc(C(=O)Nc2ccc(N)c(C)c2)c(O)c1. The molecule has 0 fully saturated rings. The molecule has 2 rings (SSSR count). The average Bonchev–Trinajstić information content (AvgIpc) is 2.33. The van der Waals surface area contributed by atoms with Gasteiger partial charge >= 0.3 is 0 Å². The van der Waals surface area contributed by atoms with Gasteiger partial charge in [-0.3, -0.25) is 4.79 Å². The molecule has 4 N–H and O–H groups in total. The molecule has 0 atom stereocenters. The second-order valence-electron chi connectivity index (χ2n) is 4.55. The Morgan fingerprint density at radius 2 is 1.89 bits per heavy atom. The van der Waals surface area contributed by atoms with Gasteiger partial charge in [0.15, 0.2) is 0 Å². The molecule has 1 amide bonds. The number of hydrogen-bond donors (Lipinski definition) is 3. The number of anilines is 2. The number of benzene rings is 2. The summed E-state index contributed by atoms with van der Waals surface area (Å²) in [6.07, 6.45) is 0. The van der Waals surface area contributed by atoms with Gasteiger partial charge in [-0.2, -0.15) is 0 Å². The predicted octanol–water partition coefficient (Wildman–Crippen LogP) is 2.84. The summed E-state index contributed by atoms with van der Waals surface area (Å²) in [5.74, 6) is -0.369. The lowest BCUT2D eigenvalue weighted by Gasteiger charge is -2.09. The van der Waals surface area contributed by atoms with E-state index in [1.165, 1.54) is 0 Å². The highest BCUT2D eigenvalue weighted by Crippen LogP contribution is 2.21. The van der Waals surface area contributed by atoms with Gasteiger partial charge in [-0.05, 0) is 55.3 Å². The molecule has 0 spiro atoms. The number of amides is 1. The number of phenols is 1. The molecule has 4 heteroatoms. The minimum Gasteiger partial charge on any atom is -0.507 e. The molecule has 0 aliphatic rings. The van der Waals surface area contributed by atoms with Crippen LogP contribution in [-0.4, -0.2) is 11.0 Å². The van der Waals surface area contributed by atoms with Crippen molar-refractivity contribution >= 4 is 17.3 Å². The summed E-state index contributed by atoms with van der Waals surface area (Å²) >= 11 is 0. The summed E-state index contributed by atoms with van der Waals surface area (Å²) in [7, 11) is 0. The molecule has 19 heavy (non-hydrogen) atoms. The third kappa shape index (κ3) is 2.85.